The van der Waals surface area contributed by atoms with Crippen molar-refractivity contribution in [3.05, 3.63) is 41.4 Å². The molecule has 1 fully saturated rings. The van der Waals surface area contributed by atoms with Crippen molar-refractivity contribution in [2.24, 2.45) is 0 Å². The van der Waals surface area contributed by atoms with Crippen LogP contribution in [0.15, 0.2) is 36.4 Å². The third-order valence-electron chi connectivity index (χ3n) is 5.32. The second-order valence-electron chi connectivity index (χ2n) is 9.18. The summed E-state index contributed by atoms with van der Waals surface area (Å²) < 4.78 is 6.50. The number of pyridine rings is 1. The van der Waals surface area contributed by atoms with Gasteiger partial charge in [0.25, 0.3) is 0 Å². The third-order valence-corrected chi connectivity index (χ3v) is 7.06. The van der Waals surface area contributed by atoms with Gasteiger partial charge in [0.15, 0.2) is 0 Å². The molecule has 170 valence electrons. The van der Waals surface area contributed by atoms with Gasteiger partial charge in [0, 0.05) is 51.5 Å². The Labute approximate surface area is 198 Å². The average molecular weight is 473 g/mol. The predicted molar refractivity (Wildman–Crippen MR) is 134 cm³/mol. The van der Waals surface area contributed by atoms with Crippen LogP contribution >= 0.6 is 22.9 Å². The van der Waals surface area contributed by atoms with Gasteiger partial charge in [-0.15, -0.1) is 11.3 Å². The molecule has 8 heteroatoms. The standard InChI is InChI=1S/C24H29ClN4O2S/c1-24(2,3)31-23(30)29-12-10-28(11-13-29)17-8-6-16(7-9-17)19-14-18(25)22-20(26-19)15-21(32-22)27(4)5/h6-9,14-15H,10-13H2,1-5H3. The second-order valence-corrected chi connectivity index (χ2v) is 10.6. The van der Waals surface area contributed by atoms with Gasteiger partial charge in [-0.05, 0) is 45.0 Å². The van der Waals surface area contributed by atoms with Crippen molar-refractivity contribution in [2.75, 3.05) is 50.1 Å². The molecule has 0 saturated carbocycles. The highest BCUT2D eigenvalue weighted by molar-refractivity contribution is 7.23. The fraction of sp³-hybridized carbons (Fsp3) is 0.417. The monoisotopic (exact) mass is 472 g/mol. The minimum absolute atomic E-state index is 0.239. The van der Waals surface area contributed by atoms with Crippen molar-refractivity contribution in [3.8, 4) is 11.3 Å². The summed E-state index contributed by atoms with van der Waals surface area (Å²) in [6.07, 6.45) is -0.239. The number of aromatic nitrogens is 1. The number of rotatable bonds is 3. The number of carbonyl (C=O) groups is 1. The van der Waals surface area contributed by atoms with Gasteiger partial charge in [-0.3, -0.25) is 0 Å². The molecule has 4 rings (SSSR count). The molecular formula is C24H29ClN4O2S. The molecule has 2 aromatic heterocycles. The first-order valence-electron chi connectivity index (χ1n) is 10.7. The van der Waals surface area contributed by atoms with E-state index >= 15 is 0 Å². The molecule has 0 N–H and O–H groups in total. The van der Waals surface area contributed by atoms with Crippen LogP contribution in [0.5, 0.6) is 0 Å². The maximum atomic E-state index is 12.3. The zero-order valence-electron chi connectivity index (χ0n) is 19.2. The van der Waals surface area contributed by atoms with Crippen molar-refractivity contribution in [1.82, 2.24) is 9.88 Å². The maximum absolute atomic E-state index is 12.3. The molecule has 6 nitrogen and oxygen atoms in total. The van der Waals surface area contributed by atoms with Crippen LogP contribution in [0.3, 0.4) is 0 Å². The Balaban J connectivity index is 1.45. The van der Waals surface area contributed by atoms with E-state index in [1.54, 1.807) is 16.2 Å². The van der Waals surface area contributed by atoms with Crippen LogP contribution < -0.4 is 9.80 Å². The highest BCUT2D eigenvalue weighted by Crippen LogP contribution is 2.37. The van der Waals surface area contributed by atoms with Crippen LogP contribution in [-0.2, 0) is 4.74 Å². The molecule has 0 bridgehead atoms. The van der Waals surface area contributed by atoms with E-state index in [2.05, 4.69) is 40.1 Å². The zero-order valence-corrected chi connectivity index (χ0v) is 20.8. The number of halogens is 1. The molecule has 0 aliphatic carbocycles. The molecule has 0 atom stereocenters. The summed E-state index contributed by atoms with van der Waals surface area (Å²) in [5.74, 6) is 0. The van der Waals surface area contributed by atoms with Crippen LogP contribution in [-0.4, -0.2) is 61.9 Å². The van der Waals surface area contributed by atoms with E-state index < -0.39 is 5.60 Å². The van der Waals surface area contributed by atoms with Crippen LogP contribution in [0, 0.1) is 0 Å². The van der Waals surface area contributed by atoms with Crippen LogP contribution in [0.2, 0.25) is 5.02 Å². The van der Waals surface area contributed by atoms with Crippen LogP contribution in [0.4, 0.5) is 15.5 Å². The summed E-state index contributed by atoms with van der Waals surface area (Å²) in [6.45, 7) is 8.52. The SMILES string of the molecule is CN(C)c1cc2nc(-c3ccc(N4CCN(C(=O)OC(C)(C)C)CC4)cc3)cc(Cl)c2s1. The molecule has 1 aromatic carbocycles. The maximum Gasteiger partial charge on any atom is 0.410 e. The number of benzene rings is 1. The Morgan fingerprint density at radius 2 is 1.75 bits per heavy atom. The minimum Gasteiger partial charge on any atom is -0.444 e. The number of anilines is 2. The number of amides is 1. The van der Waals surface area contributed by atoms with Gasteiger partial charge in [-0.2, -0.15) is 0 Å². The summed E-state index contributed by atoms with van der Waals surface area (Å²) >= 11 is 8.21. The Bertz CT molecular complexity index is 1110. The highest BCUT2D eigenvalue weighted by Gasteiger charge is 2.26. The Hall–Kier alpha value is -2.51. The average Bonchev–Trinajstić information content (AvgIpc) is 3.18. The summed E-state index contributed by atoms with van der Waals surface area (Å²) in [5, 5.41) is 1.86. The molecule has 1 saturated heterocycles. The molecule has 1 aliphatic rings. The van der Waals surface area contributed by atoms with Gasteiger partial charge in [-0.25, -0.2) is 9.78 Å². The molecule has 1 aliphatic heterocycles. The zero-order chi connectivity index (χ0) is 23.0. The molecule has 0 unspecified atom stereocenters. The number of ether oxygens (including phenoxy) is 1. The topological polar surface area (TPSA) is 48.9 Å². The van der Waals surface area contributed by atoms with E-state index in [1.165, 1.54) is 0 Å². The van der Waals surface area contributed by atoms with E-state index in [0.29, 0.717) is 13.1 Å². The molecule has 0 spiro atoms. The number of fused-ring (bicyclic) bond motifs is 1. The lowest BCUT2D eigenvalue weighted by Gasteiger charge is -2.36. The van der Waals surface area contributed by atoms with Crippen molar-refractivity contribution in [3.63, 3.8) is 0 Å². The first-order valence-corrected chi connectivity index (χ1v) is 11.9. The van der Waals surface area contributed by atoms with E-state index in [1.807, 2.05) is 40.9 Å². The van der Waals surface area contributed by atoms with E-state index in [-0.39, 0.29) is 6.09 Å². The fourth-order valence-electron chi connectivity index (χ4n) is 3.66. The molecule has 3 heterocycles. The van der Waals surface area contributed by atoms with E-state index in [0.717, 1.165) is 50.3 Å². The van der Waals surface area contributed by atoms with E-state index in [9.17, 15) is 4.79 Å². The van der Waals surface area contributed by atoms with Gasteiger partial charge in [0.1, 0.15) is 5.60 Å². The number of hydrogen-bond donors (Lipinski definition) is 0. The van der Waals surface area contributed by atoms with Crippen LogP contribution in [0.1, 0.15) is 20.8 Å². The first-order chi connectivity index (χ1) is 15.1. The summed E-state index contributed by atoms with van der Waals surface area (Å²) in [5.41, 5.74) is 3.48. The molecule has 0 radical (unpaired) electrons. The lowest BCUT2D eigenvalue weighted by atomic mass is 10.1. The predicted octanol–water partition coefficient (Wildman–Crippen LogP) is 5.74. The molecular weight excluding hydrogens is 444 g/mol. The normalized spacial score (nSPS) is 14.7. The van der Waals surface area contributed by atoms with Crippen molar-refractivity contribution >= 4 is 49.9 Å². The smallest absolute Gasteiger partial charge is 0.410 e. The van der Waals surface area contributed by atoms with Gasteiger partial charge >= 0.3 is 6.09 Å². The van der Waals surface area contributed by atoms with Gasteiger partial charge in [-0.1, -0.05) is 23.7 Å². The fourth-order valence-corrected chi connectivity index (χ4v) is 4.90. The van der Waals surface area contributed by atoms with Gasteiger partial charge < -0.3 is 19.4 Å². The van der Waals surface area contributed by atoms with Crippen molar-refractivity contribution in [1.29, 1.82) is 0 Å². The summed E-state index contributed by atoms with van der Waals surface area (Å²) in [7, 11) is 4.04. The summed E-state index contributed by atoms with van der Waals surface area (Å²) in [4.78, 5) is 23.3. The van der Waals surface area contributed by atoms with Crippen molar-refractivity contribution < 1.29 is 9.53 Å². The lowest BCUT2D eigenvalue weighted by molar-refractivity contribution is 0.0240. The number of hydrogen-bond acceptors (Lipinski definition) is 6. The number of carbonyl (C=O) groups excluding carboxylic acids is 1. The van der Waals surface area contributed by atoms with Gasteiger partial charge in [0.05, 0.1) is 25.9 Å². The summed E-state index contributed by atoms with van der Waals surface area (Å²) in [6, 6.07) is 12.4. The largest absolute Gasteiger partial charge is 0.444 e. The molecule has 32 heavy (non-hydrogen) atoms. The first kappa shape index (κ1) is 22.7. The van der Waals surface area contributed by atoms with Crippen LogP contribution in [0.25, 0.3) is 21.5 Å². The lowest BCUT2D eigenvalue weighted by Crippen LogP contribution is -2.50. The van der Waals surface area contributed by atoms with E-state index in [4.69, 9.17) is 21.3 Å². The quantitative estimate of drug-likeness (QED) is 0.486. The molecule has 3 aromatic rings. The number of nitrogens with zero attached hydrogens (tertiary/aromatic N) is 4. The Morgan fingerprint density at radius 1 is 1.09 bits per heavy atom. The van der Waals surface area contributed by atoms with Crippen molar-refractivity contribution in [2.45, 2.75) is 26.4 Å². The minimum atomic E-state index is -0.471. The van der Waals surface area contributed by atoms with Gasteiger partial charge in [0.2, 0.25) is 0 Å². The Morgan fingerprint density at radius 3 is 2.34 bits per heavy atom. The highest BCUT2D eigenvalue weighted by atomic mass is 35.5. The second kappa shape index (κ2) is 8.79. The molecule has 1 amide bonds. The third kappa shape index (κ3) is 4.94. The Kier molecular flexibility index (Phi) is 6.23. The number of piperazine rings is 1. The number of thiophene rings is 1.